The van der Waals surface area contributed by atoms with Crippen LogP contribution >= 0.6 is 35.6 Å². The number of benzene rings is 1. The zero-order valence-corrected chi connectivity index (χ0v) is 16.0. The summed E-state index contributed by atoms with van der Waals surface area (Å²) in [6.07, 6.45) is 3.55. The molecule has 0 aliphatic carbocycles. The molecule has 1 aliphatic heterocycles. The summed E-state index contributed by atoms with van der Waals surface area (Å²) in [7, 11) is 0. The molecule has 3 rings (SSSR count). The van der Waals surface area contributed by atoms with E-state index in [1.165, 1.54) is 11.8 Å². The Morgan fingerprint density at radius 1 is 1.38 bits per heavy atom. The summed E-state index contributed by atoms with van der Waals surface area (Å²) in [5.74, 6) is -0.662. The Kier molecular flexibility index (Phi) is 5.85. The summed E-state index contributed by atoms with van der Waals surface area (Å²) in [5.41, 5.74) is 0.801. The van der Waals surface area contributed by atoms with Crippen LogP contribution in [0.1, 0.15) is 18.9 Å². The van der Waals surface area contributed by atoms with E-state index in [1.807, 2.05) is 6.92 Å². The van der Waals surface area contributed by atoms with E-state index in [0.717, 1.165) is 18.2 Å². The Morgan fingerprint density at radius 3 is 2.81 bits per heavy atom. The zero-order valence-electron chi connectivity index (χ0n) is 13.6. The second-order valence-corrected chi connectivity index (χ2v) is 7.31. The molecule has 1 aliphatic rings. The van der Waals surface area contributed by atoms with Crippen molar-refractivity contribution in [2.45, 2.75) is 13.3 Å². The van der Waals surface area contributed by atoms with Gasteiger partial charge in [0.05, 0.1) is 11.1 Å². The predicted octanol–water partition coefficient (Wildman–Crippen LogP) is 4.67. The zero-order chi connectivity index (χ0) is 18.7. The second kappa shape index (κ2) is 8.11. The van der Waals surface area contributed by atoms with E-state index in [2.05, 4.69) is 9.97 Å². The minimum atomic E-state index is -0.710. The molecule has 0 atom stereocenters. The number of thioether (sulfide) groups is 1. The molecule has 0 saturated carbocycles. The van der Waals surface area contributed by atoms with E-state index >= 15 is 0 Å². The predicted molar refractivity (Wildman–Crippen MR) is 104 cm³/mol. The van der Waals surface area contributed by atoms with Crippen molar-refractivity contribution in [1.29, 1.82) is 0 Å². The Balaban J connectivity index is 1.75. The molecular formula is C17H13ClFN3O2S2. The van der Waals surface area contributed by atoms with Crippen LogP contribution in [0.15, 0.2) is 35.4 Å². The third-order valence-corrected chi connectivity index (χ3v) is 4.96. The Labute approximate surface area is 164 Å². The van der Waals surface area contributed by atoms with Crippen LogP contribution in [0.25, 0.3) is 6.08 Å². The van der Waals surface area contributed by atoms with Crippen LogP contribution in [-0.4, -0.2) is 31.6 Å². The summed E-state index contributed by atoms with van der Waals surface area (Å²) >= 11 is 12.2. The lowest BCUT2D eigenvalue weighted by Gasteiger charge is -2.11. The third kappa shape index (κ3) is 4.20. The number of aromatic nitrogens is 2. The van der Waals surface area contributed by atoms with Gasteiger partial charge in [-0.15, -0.1) is 0 Å². The van der Waals surface area contributed by atoms with Gasteiger partial charge in [0.15, 0.2) is 0 Å². The molecule has 2 aromatic rings. The lowest BCUT2D eigenvalue weighted by molar-refractivity contribution is -0.122. The average molecular weight is 410 g/mol. The largest absolute Gasteiger partial charge is 0.436 e. The van der Waals surface area contributed by atoms with Gasteiger partial charge >= 0.3 is 0 Å². The van der Waals surface area contributed by atoms with Gasteiger partial charge in [-0.3, -0.25) is 9.69 Å². The lowest BCUT2D eigenvalue weighted by atomic mass is 10.2. The molecule has 0 N–H and O–H groups in total. The number of thiocarbonyl (C=S) groups is 1. The smallest absolute Gasteiger partial charge is 0.266 e. The van der Waals surface area contributed by atoms with Crippen LogP contribution in [-0.2, 0) is 4.79 Å². The maximum atomic E-state index is 13.6. The van der Waals surface area contributed by atoms with Gasteiger partial charge in [-0.2, -0.15) is 9.37 Å². The van der Waals surface area contributed by atoms with Crippen LogP contribution in [0.5, 0.6) is 11.6 Å². The van der Waals surface area contributed by atoms with Gasteiger partial charge in [-0.1, -0.05) is 43.0 Å². The monoisotopic (exact) mass is 409 g/mol. The quantitative estimate of drug-likeness (QED) is 0.406. The summed E-state index contributed by atoms with van der Waals surface area (Å²) in [6, 6.07) is 6.80. The van der Waals surface area contributed by atoms with E-state index in [9.17, 15) is 9.18 Å². The molecule has 5 nitrogen and oxygen atoms in total. The van der Waals surface area contributed by atoms with Gasteiger partial charge in [-0.25, -0.2) is 4.98 Å². The van der Waals surface area contributed by atoms with Gasteiger partial charge < -0.3 is 4.74 Å². The molecule has 134 valence electrons. The van der Waals surface area contributed by atoms with Crippen molar-refractivity contribution in [3.05, 3.63) is 52.0 Å². The molecule has 0 radical (unpaired) electrons. The van der Waals surface area contributed by atoms with Crippen molar-refractivity contribution in [3.63, 3.8) is 0 Å². The van der Waals surface area contributed by atoms with E-state index in [4.69, 9.17) is 28.6 Å². The topological polar surface area (TPSA) is 55.3 Å². The number of halogens is 2. The first-order valence-electron chi connectivity index (χ1n) is 7.69. The minimum Gasteiger partial charge on any atom is -0.436 e. The molecule has 2 heterocycles. The van der Waals surface area contributed by atoms with Crippen LogP contribution in [0, 0.1) is 5.82 Å². The normalized spacial score (nSPS) is 15.8. The summed E-state index contributed by atoms with van der Waals surface area (Å²) in [6.45, 7) is 2.61. The Morgan fingerprint density at radius 2 is 2.12 bits per heavy atom. The number of amides is 1. The first kappa shape index (κ1) is 18.8. The van der Waals surface area contributed by atoms with Gasteiger partial charge in [-0.05, 0) is 41.8 Å². The van der Waals surface area contributed by atoms with Gasteiger partial charge in [0.25, 0.3) is 11.8 Å². The molecule has 1 aromatic carbocycles. The fourth-order valence-corrected chi connectivity index (χ4v) is 3.65. The number of hydrogen-bond donors (Lipinski definition) is 0. The maximum Gasteiger partial charge on any atom is 0.266 e. The summed E-state index contributed by atoms with van der Waals surface area (Å²) in [4.78, 5) is 21.7. The molecule has 1 fully saturated rings. The van der Waals surface area contributed by atoms with Crippen molar-refractivity contribution in [2.24, 2.45) is 0 Å². The SMILES string of the molecule is CCCN1C(=O)/C(=C\c2ccc(Oc3nc(Cl)ncc3F)cc2)SC1=S. The fourth-order valence-electron chi connectivity index (χ4n) is 2.21. The second-order valence-electron chi connectivity index (χ2n) is 5.30. The van der Waals surface area contributed by atoms with Gasteiger partial charge in [0.1, 0.15) is 10.1 Å². The van der Waals surface area contributed by atoms with Crippen molar-refractivity contribution in [1.82, 2.24) is 14.9 Å². The number of hydrogen-bond acceptors (Lipinski definition) is 6. The van der Waals surface area contributed by atoms with E-state index in [-0.39, 0.29) is 17.1 Å². The molecular weight excluding hydrogens is 397 g/mol. The van der Waals surface area contributed by atoms with Crippen molar-refractivity contribution in [3.8, 4) is 11.6 Å². The number of rotatable bonds is 5. The van der Waals surface area contributed by atoms with Gasteiger partial charge in [0.2, 0.25) is 11.1 Å². The highest BCUT2D eigenvalue weighted by atomic mass is 35.5. The number of nitrogens with zero attached hydrogens (tertiary/aromatic N) is 3. The fraction of sp³-hybridized carbons (Fsp3) is 0.176. The highest BCUT2D eigenvalue weighted by molar-refractivity contribution is 8.26. The molecule has 1 aromatic heterocycles. The number of carbonyl (C=O) groups excluding carboxylic acids is 1. The lowest BCUT2D eigenvalue weighted by Crippen LogP contribution is -2.28. The molecule has 0 unspecified atom stereocenters. The average Bonchev–Trinajstić information content (AvgIpc) is 2.88. The highest BCUT2D eigenvalue weighted by Gasteiger charge is 2.31. The maximum absolute atomic E-state index is 13.6. The van der Waals surface area contributed by atoms with Crippen molar-refractivity contribution >= 4 is 51.9 Å². The van der Waals surface area contributed by atoms with E-state index in [0.29, 0.717) is 21.5 Å². The van der Waals surface area contributed by atoms with Crippen molar-refractivity contribution in [2.75, 3.05) is 6.54 Å². The Bertz CT molecular complexity index is 890. The van der Waals surface area contributed by atoms with Crippen molar-refractivity contribution < 1.29 is 13.9 Å². The summed E-state index contributed by atoms with van der Waals surface area (Å²) < 4.78 is 19.5. The number of carbonyl (C=O) groups is 1. The van der Waals surface area contributed by atoms with Gasteiger partial charge in [0, 0.05) is 6.54 Å². The molecule has 0 spiro atoms. The molecule has 0 bridgehead atoms. The molecule has 1 amide bonds. The first-order valence-corrected chi connectivity index (χ1v) is 9.29. The summed E-state index contributed by atoms with van der Waals surface area (Å²) in [5, 5.41) is -0.105. The van der Waals surface area contributed by atoms with Crippen LogP contribution in [0.4, 0.5) is 4.39 Å². The van der Waals surface area contributed by atoms with E-state index in [1.54, 1.807) is 35.2 Å². The standard InChI is InChI=1S/C17H13ClFN3O2S2/c1-2-7-22-15(23)13(26-17(22)25)8-10-3-5-11(6-4-10)24-14-12(19)9-20-16(18)21-14/h3-6,8-9H,2,7H2,1H3/b13-8+. The van der Waals surface area contributed by atoms with Crippen LogP contribution in [0.2, 0.25) is 5.28 Å². The molecule has 26 heavy (non-hydrogen) atoms. The highest BCUT2D eigenvalue weighted by Crippen LogP contribution is 2.33. The molecule has 9 heteroatoms. The van der Waals surface area contributed by atoms with Crippen LogP contribution in [0.3, 0.4) is 0 Å². The Hall–Kier alpha value is -2.03. The van der Waals surface area contributed by atoms with Crippen LogP contribution < -0.4 is 4.74 Å². The molecule has 1 saturated heterocycles. The minimum absolute atomic E-state index is 0.0834. The number of ether oxygens (including phenoxy) is 1. The third-order valence-electron chi connectivity index (χ3n) is 3.40. The first-order chi connectivity index (χ1) is 12.5. The van der Waals surface area contributed by atoms with E-state index < -0.39 is 5.82 Å².